The molecule has 0 saturated heterocycles. The van der Waals surface area contributed by atoms with Crippen molar-refractivity contribution in [3.8, 4) is 6.01 Å². The molecule has 0 bridgehead atoms. The van der Waals surface area contributed by atoms with Gasteiger partial charge in [-0.3, -0.25) is 9.59 Å². The summed E-state index contributed by atoms with van der Waals surface area (Å²) in [5.74, 6) is -0.347. The maximum atomic E-state index is 12.9. The van der Waals surface area contributed by atoms with Crippen LogP contribution in [0, 0.1) is 6.92 Å². The highest BCUT2D eigenvalue weighted by Crippen LogP contribution is 2.23. The Bertz CT molecular complexity index is 1150. The lowest BCUT2D eigenvalue weighted by Crippen LogP contribution is -2.41. The molecular weight excluding hydrogens is 418 g/mol. The van der Waals surface area contributed by atoms with Crippen molar-refractivity contribution in [2.24, 2.45) is 0 Å². The van der Waals surface area contributed by atoms with Gasteiger partial charge >= 0.3 is 6.01 Å². The highest BCUT2D eigenvalue weighted by Gasteiger charge is 2.26. The third-order valence-corrected chi connectivity index (χ3v) is 5.72. The molecule has 8 nitrogen and oxygen atoms in total. The summed E-state index contributed by atoms with van der Waals surface area (Å²) in [7, 11) is 0. The van der Waals surface area contributed by atoms with Crippen LogP contribution in [0.1, 0.15) is 48.7 Å². The van der Waals surface area contributed by atoms with Crippen molar-refractivity contribution in [3.05, 3.63) is 57.2 Å². The number of rotatable bonds is 5. The minimum atomic E-state index is -0.347. The number of ether oxygens (including phenoxy) is 1. The second-order valence-corrected chi connectivity index (χ2v) is 8.17. The van der Waals surface area contributed by atoms with E-state index in [9.17, 15) is 9.59 Å². The van der Waals surface area contributed by atoms with Gasteiger partial charge in [-0.05, 0) is 51.7 Å². The van der Waals surface area contributed by atoms with E-state index in [2.05, 4.69) is 20.3 Å². The van der Waals surface area contributed by atoms with Gasteiger partial charge in [0.25, 0.3) is 5.91 Å². The number of hydrogen-bond donors (Lipinski definition) is 1. The fraction of sp³-hybridized carbons (Fsp3) is 0.409. The van der Waals surface area contributed by atoms with Gasteiger partial charge in [-0.2, -0.15) is 0 Å². The van der Waals surface area contributed by atoms with Crippen molar-refractivity contribution < 1.29 is 9.53 Å². The SMILES string of the molecule is CCn1cc(C(=O)NC2CCC(Oc3ncc(Cl)cn3)CC2)c(=O)c2ccc(C)nc21. The van der Waals surface area contributed by atoms with E-state index in [4.69, 9.17) is 16.3 Å². The molecule has 1 aliphatic carbocycles. The lowest BCUT2D eigenvalue weighted by atomic mass is 9.92. The molecule has 3 aromatic heterocycles. The van der Waals surface area contributed by atoms with E-state index < -0.39 is 0 Å². The highest BCUT2D eigenvalue weighted by molar-refractivity contribution is 6.30. The van der Waals surface area contributed by atoms with Crippen LogP contribution >= 0.6 is 11.6 Å². The van der Waals surface area contributed by atoms with Gasteiger partial charge in [0.1, 0.15) is 17.3 Å². The monoisotopic (exact) mass is 441 g/mol. The predicted molar refractivity (Wildman–Crippen MR) is 118 cm³/mol. The van der Waals surface area contributed by atoms with Gasteiger partial charge in [0.2, 0.25) is 5.43 Å². The summed E-state index contributed by atoms with van der Waals surface area (Å²) >= 11 is 5.79. The van der Waals surface area contributed by atoms with Crippen LogP contribution in [0.3, 0.4) is 0 Å². The average Bonchev–Trinajstić information content (AvgIpc) is 2.77. The number of fused-ring (bicyclic) bond motifs is 1. The number of aromatic nitrogens is 4. The first-order valence-electron chi connectivity index (χ1n) is 10.4. The maximum absolute atomic E-state index is 12.9. The van der Waals surface area contributed by atoms with E-state index in [1.807, 2.05) is 18.4 Å². The quantitative estimate of drug-likeness (QED) is 0.652. The molecule has 162 valence electrons. The molecule has 0 atom stereocenters. The molecule has 3 aromatic rings. The zero-order valence-electron chi connectivity index (χ0n) is 17.5. The minimum absolute atomic E-state index is 0.0124. The van der Waals surface area contributed by atoms with Crippen LogP contribution in [-0.4, -0.2) is 37.6 Å². The van der Waals surface area contributed by atoms with E-state index in [-0.39, 0.29) is 29.0 Å². The number of pyridine rings is 2. The second kappa shape index (κ2) is 9.01. The first-order valence-corrected chi connectivity index (χ1v) is 10.8. The van der Waals surface area contributed by atoms with Gasteiger partial charge in [0.05, 0.1) is 22.8 Å². The van der Waals surface area contributed by atoms with Crippen molar-refractivity contribution in [1.29, 1.82) is 0 Å². The van der Waals surface area contributed by atoms with Crippen LogP contribution in [0.4, 0.5) is 0 Å². The molecular formula is C22H24ClN5O3. The Labute approximate surface area is 184 Å². The summed E-state index contributed by atoms with van der Waals surface area (Å²) in [5, 5.41) is 3.94. The molecule has 1 amide bonds. The van der Waals surface area contributed by atoms with Crippen LogP contribution in [0.25, 0.3) is 11.0 Å². The van der Waals surface area contributed by atoms with Crippen molar-refractivity contribution in [2.75, 3.05) is 0 Å². The summed E-state index contributed by atoms with van der Waals surface area (Å²) in [6.45, 7) is 4.45. The van der Waals surface area contributed by atoms with Crippen molar-refractivity contribution in [3.63, 3.8) is 0 Å². The summed E-state index contributed by atoms with van der Waals surface area (Å²) in [6.07, 6.45) is 7.62. The zero-order valence-corrected chi connectivity index (χ0v) is 18.2. The lowest BCUT2D eigenvalue weighted by molar-refractivity contribution is 0.0883. The molecule has 1 saturated carbocycles. The molecule has 3 heterocycles. The maximum Gasteiger partial charge on any atom is 0.316 e. The fourth-order valence-electron chi connectivity index (χ4n) is 3.86. The summed E-state index contributed by atoms with van der Waals surface area (Å²) in [6, 6.07) is 3.82. The van der Waals surface area contributed by atoms with Crippen molar-refractivity contribution in [1.82, 2.24) is 24.8 Å². The Kier molecular flexibility index (Phi) is 6.18. The van der Waals surface area contributed by atoms with Crippen LogP contribution in [0.5, 0.6) is 6.01 Å². The predicted octanol–water partition coefficient (Wildman–Crippen LogP) is 3.29. The van der Waals surface area contributed by atoms with E-state index in [0.717, 1.165) is 31.4 Å². The van der Waals surface area contributed by atoms with Crippen molar-refractivity contribution in [2.45, 2.75) is 58.2 Å². The number of nitrogens with zero attached hydrogens (tertiary/aromatic N) is 4. The zero-order chi connectivity index (χ0) is 22.0. The van der Waals surface area contributed by atoms with Gasteiger partial charge in [-0.25, -0.2) is 15.0 Å². The first-order chi connectivity index (χ1) is 14.9. The van der Waals surface area contributed by atoms with Crippen LogP contribution < -0.4 is 15.5 Å². The van der Waals surface area contributed by atoms with Crippen LogP contribution in [-0.2, 0) is 6.54 Å². The lowest BCUT2D eigenvalue weighted by Gasteiger charge is -2.28. The van der Waals surface area contributed by atoms with E-state index >= 15 is 0 Å². The molecule has 0 unspecified atom stereocenters. The van der Waals surface area contributed by atoms with E-state index in [1.54, 1.807) is 18.3 Å². The molecule has 0 radical (unpaired) electrons. The Balaban J connectivity index is 1.43. The van der Waals surface area contributed by atoms with Crippen molar-refractivity contribution >= 4 is 28.5 Å². The number of carbonyl (C=O) groups excluding carboxylic acids is 1. The molecule has 31 heavy (non-hydrogen) atoms. The standard InChI is InChI=1S/C22H24ClN5O3/c1-3-28-12-18(19(29)17-9-4-13(2)26-20(17)28)21(30)27-15-5-7-16(8-6-15)31-22-24-10-14(23)11-25-22/h4,9-12,15-16H,3,5-8H2,1-2H3,(H,27,30). The van der Waals surface area contributed by atoms with Crippen LogP contribution in [0.2, 0.25) is 5.02 Å². The minimum Gasteiger partial charge on any atom is -0.460 e. The molecule has 0 aromatic carbocycles. The van der Waals surface area contributed by atoms with E-state index in [0.29, 0.717) is 28.6 Å². The van der Waals surface area contributed by atoms with Crippen LogP contribution in [0.15, 0.2) is 35.5 Å². The average molecular weight is 442 g/mol. The third-order valence-electron chi connectivity index (χ3n) is 5.52. The Morgan fingerprint density at radius 1 is 1.23 bits per heavy atom. The Morgan fingerprint density at radius 2 is 1.94 bits per heavy atom. The molecule has 0 aliphatic heterocycles. The molecule has 1 fully saturated rings. The number of amides is 1. The van der Waals surface area contributed by atoms with Gasteiger partial charge in [-0.15, -0.1) is 0 Å². The number of carbonyl (C=O) groups is 1. The van der Waals surface area contributed by atoms with E-state index in [1.165, 1.54) is 12.4 Å². The number of nitrogens with one attached hydrogen (secondary N) is 1. The third kappa shape index (κ3) is 4.69. The molecule has 1 N–H and O–H groups in total. The van der Waals surface area contributed by atoms with Gasteiger partial charge in [-0.1, -0.05) is 11.6 Å². The molecule has 0 spiro atoms. The molecule has 4 rings (SSSR count). The van der Waals surface area contributed by atoms with Gasteiger partial charge < -0.3 is 14.6 Å². The molecule has 1 aliphatic rings. The first kappa shape index (κ1) is 21.2. The Hall–Kier alpha value is -3.00. The largest absolute Gasteiger partial charge is 0.460 e. The number of hydrogen-bond acceptors (Lipinski definition) is 6. The fourth-order valence-corrected chi connectivity index (χ4v) is 3.96. The number of halogens is 1. The van der Waals surface area contributed by atoms with Gasteiger partial charge in [0, 0.05) is 24.5 Å². The van der Waals surface area contributed by atoms with Gasteiger partial charge in [0.15, 0.2) is 0 Å². The second-order valence-electron chi connectivity index (χ2n) is 7.73. The summed E-state index contributed by atoms with van der Waals surface area (Å²) in [5.41, 5.74) is 1.29. The number of aryl methyl sites for hydroxylation is 2. The molecule has 9 heteroatoms. The smallest absolute Gasteiger partial charge is 0.316 e. The summed E-state index contributed by atoms with van der Waals surface area (Å²) in [4.78, 5) is 38.4. The summed E-state index contributed by atoms with van der Waals surface area (Å²) < 4.78 is 7.64. The normalized spacial score (nSPS) is 18.7. The topological polar surface area (TPSA) is 99.0 Å². The Morgan fingerprint density at radius 3 is 2.61 bits per heavy atom. The highest BCUT2D eigenvalue weighted by atomic mass is 35.5.